The standard InChI is InChI=1S/C17H28O5Si/c1-15(2,3)23(5,6)20-10-9-17-8-7-16(4,22-17)11-12(17)14(19)21-13(11)18/h11-12H,7-10H2,1-6H3/t11-,12+,16-,17-/m1/s1. The molecule has 0 amide bonds. The molecule has 0 spiro atoms. The number of fused-ring (bicyclic) bond motifs is 5. The number of carbonyl (C=O) groups excluding carboxylic acids is 2. The molecule has 4 atom stereocenters. The largest absolute Gasteiger partial charge is 0.417 e. The second-order valence-electron chi connectivity index (χ2n) is 9.03. The first-order chi connectivity index (χ1) is 10.4. The highest BCUT2D eigenvalue weighted by atomic mass is 28.4. The Bertz CT molecular complexity index is 552. The van der Waals surface area contributed by atoms with Crippen LogP contribution in [0.3, 0.4) is 0 Å². The van der Waals surface area contributed by atoms with Gasteiger partial charge in [0.05, 0.1) is 11.2 Å². The fourth-order valence-electron chi connectivity index (χ4n) is 4.11. The molecule has 6 heteroatoms. The summed E-state index contributed by atoms with van der Waals surface area (Å²) in [6, 6.07) is 0. The van der Waals surface area contributed by atoms with Gasteiger partial charge in [0.2, 0.25) is 0 Å². The number of ether oxygens (including phenoxy) is 2. The van der Waals surface area contributed by atoms with Gasteiger partial charge in [-0.05, 0) is 44.3 Å². The Balaban J connectivity index is 1.73. The average molecular weight is 340 g/mol. The normalized spacial score (nSPS) is 39.7. The van der Waals surface area contributed by atoms with Gasteiger partial charge in [-0.15, -0.1) is 0 Å². The lowest BCUT2D eigenvalue weighted by molar-refractivity contribution is -0.162. The summed E-state index contributed by atoms with van der Waals surface area (Å²) in [5, 5.41) is 0.149. The molecule has 3 heterocycles. The van der Waals surface area contributed by atoms with Crippen LogP contribution in [-0.4, -0.2) is 38.1 Å². The molecule has 3 aliphatic heterocycles. The molecule has 3 aliphatic rings. The minimum Gasteiger partial charge on any atom is -0.417 e. The highest BCUT2D eigenvalue weighted by Crippen LogP contribution is 2.61. The zero-order chi connectivity index (χ0) is 17.3. The minimum atomic E-state index is -1.83. The summed E-state index contributed by atoms with van der Waals surface area (Å²) >= 11 is 0. The molecule has 0 aromatic rings. The van der Waals surface area contributed by atoms with Gasteiger partial charge in [-0.2, -0.15) is 0 Å². The van der Waals surface area contributed by atoms with Crippen LogP contribution >= 0.6 is 0 Å². The second kappa shape index (κ2) is 4.89. The summed E-state index contributed by atoms with van der Waals surface area (Å²) in [6.45, 7) is 13.6. The van der Waals surface area contributed by atoms with E-state index >= 15 is 0 Å². The average Bonchev–Trinajstić information content (AvgIpc) is 2.96. The van der Waals surface area contributed by atoms with E-state index in [9.17, 15) is 9.59 Å². The summed E-state index contributed by atoms with van der Waals surface area (Å²) in [6.07, 6.45) is 2.25. The quantitative estimate of drug-likeness (QED) is 0.447. The summed E-state index contributed by atoms with van der Waals surface area (Å²) in [5.74, 6) is -1.70. The molecular formula is C17H28O5Si. The number of esters is 2. The van der Waals surface area contributed by atoms with Crippen LogP contribution in [-0.2, 0) is 23.5 Å². The number of cyclic esters (lactones) is 2. The Morgan fingerprint density at radius 2 is 1.78 bits per heavy atom. The Morgan fingerprint density at radius 1 is 1.17 bits per heavy atom. The van der Waals surface area contributed by atoms with Gasteiger partial charge in [-0.25, -0.2) is 0 Å². The number of carbonyl (C=O) groups is 2. The molecule has 3 rings (SSSR count). The van der Waals surface area contributed by atoms with E-state index in [0.717, 1.165) is 12.8 Å². The Morgan fingerprint density at radius 3 is 2.39 bits per heavy atom. The van der Waals surface area contributed by atoms with Crippen LogP contribution in [0.5, 0.6) is 0 Å². The van der Waals surface area contributed by atoms with Crippen molar-refractivity contribution in [2.75, 3.05) is 6.61 Å². The molecule has 0 N–H and O–H groups in total. The van der Waals surface area contributed by atoms with E-state index in [0.29, 0.717) is 13.0 Å². The van der Waals surface area contributed by atoms with E-state index in [4.69, 9.17) is 13.9 Å². The van der Waals surface area contributed by atoms with Crippen LogP contribution < -0.4 is 0 Å². The third kappa shape index (κ3) is 2.41. The number of hydrogen-bond acceptors (Lipinski definition) is 5. The van der Waals surface area contributed by atoms with Gasteiger partial charge in [0.15, 0.2) is 8.32 Å². The monoisotopic (exact) mass is 340 g/mol. The maximum Gasteiger partial charge on any atom is 0.320 e. The number of rotatable bonds is 4. The lowest BCUT2D eigenvalue weighted by Crippen LogP contribution is -2.45. The number of hydrogen-bond donors (Lipinski definition) is 0. The lowest BCUT2D eigenvalue weighted by atomic mass is 9.67. The van der Waals surface area contributed by atoms with Gasteiger partial charge in [0.25, 0.3) is 0 Å². The van der Waals surface area contributed by atoms with Crippen LogP contribution in [0.2, 0.25) is 18.1 Å². The first kappa shape index (κ1) is 17.1. The molecule has 0 aromatic carbocycles. The van der Waals surface area contributed by atoms with Gasteiger partial charge in [0, 0.05) is 6.61 Å². The van der Waals surface area contributed by atoms with Crippen molar-refractivity contribution in [3.8, 4) is 0 Å². The summed E-state index contributed by atoms with van der Waals surface area (Å²) in [7, 11) is -1.83. The van der Waals surface area contributed by atoms with Crippen molar-refractivity contribution in [3.05, 3.63) is 0 Å². The van der Waals surface area contributed by atoms with Crippen LogP contribution in [0.1, 0.15) is 47.0 Å². The fourth-order valence-corrected chi connectivity index (χ4v) is 5.16. The molecule has 5 nitrogen and oxygen atoms in total. The van der Waals surface area contributed by atoms with Crippen molar-refractivity contribution in [2.45, 2.75) is 76.3 Å². The molecular weight excluding hydrogens is 312 g/mol. The van der Waals surface area contributed by atoms with Crippen molar-refractivity contribution in [2.24, 2.45) is 11.8 Å². The van der Waals surface area contributed by atoms with Crippen LogP contribution in [0.25, 0.3) is 0 Å². The maximum atomic E-state index is 12.2. The molecule has 23 heavy (non-hydrogen) atoms. The van der Waals surface area contributed by atoms with Gasteiger partial charge in [0.1, 0.15) is 11.8 Å². The highest BCUT2D eigenvalue weighted by Gasteiger charge is 2.73. The topological polar surface area (TPSA) is 61.8 Å². The maximum absolute atomic E-state index is 12.2. The fraction of sp³-hybridized carbons (Fsp3) is 0.882. The Kier molecular flexibility index (Phi) is 3.64. The van der Waals surface area contributed by atoms with Crippen molar-refractivity contribution in [1.82, 2.24) is 0 Å². The molecule has 0 saturated carbocycles. The zero-order valence-corrected chi connectivity index (χ0v) is 16.0. The van der Waals surface area contributed by atoms with Gasteiger partial charge >= 0.3 is 11.9 Å². The van der Waals surface area contributed by atoms with Crippen LogP contribution in [0.15, 0.2) is 0 Å². The van der Waals surface area contributed by atoms with Gasteiger partial charge in [-0.3, -0.25) is 9.59 Å². The Labute approximate surface area is 139 Å². The predicted octanol–water partition coefficient (Wildman–Crippen LogP) is 3.04. The molecule has 0 aromatic heterocycles. The first-order valence-corrected chi connectivity index (χ1v) is 11.4. The summed E-state index contributed by atoms with van der Waals surface area (Å²) in [4.78, 5) is 24.2. The lowest BCUT2D eigenvalue weighted by Gasteiger charge is -2.37. The smallest absolute Gasteiger partial charge is 0.320 e. The minimum absolute atomic E-state index is 0.149. The zero-order valence-electron chi connectivity index (χ0n) is 15.0. The van der Waals surface area contributed by atoms with E-state index in [1.165, 1.54) is 0 Å². The third-order valence-corrected chi connectivity index (χ3v) is 11.1. The van der Waals surface area contributed by atoms with Crippen molar-refractivity contribution in [3.63, 3.8) is 0 Å². The van der Waals surface area contributed by atoms with Crippen molar-refractivity contribution < 1.29 is 23.5 Å². The van der Waals surface area contributed by atoms with Crippen molar-refractivity contribution >= 4 is 20.3 Å². The third-order valence-electron chi connectivity index (χ3n) is 6.54. The van der Waals surface area contributed by atoms with Gasteiger partial charge < -0.3 is 13.9 Å². The second-order valence-corrected chi connectivity index (χ2v) is 13.8. The van der Waals surface area contributed by atoms with Gasteiger partial charge in [-0.1, -0.05) is 20.8 Å². The SMILES string of the molecule is CC(C)(C)[Si](C)(C)OCC[C@@]12CC[C@@](C)(O1)[C@H]1C(=O)OC(=O)[C@H]12. The first-order valence-electron chi connectivity index (χ1n) is 8.52. The van der Waals surface area contributed by atoms with E-state index in [1.54, 1.807) is 0 Å². The summed E-state index contributed by atoms with van der Waals surface area (Å²) in [5.41, 5.74) is -1.13. The highest BCUT2D eigenvalue weighted by molar-refractivity contribution is 6.74. The molecule has 0 radical (unpaired) electrons. The Hall–Kier alpha value is -0.723. The molecule has 3 saturated heterocycles. The molecule has 3 fully saturated rings. The predicted molar refractivity (Wildman–Crippen MR) is 87.3 cm³/mol. The van der Waals surface area contributed by atoms with E-state index < -0.39 is 43.3 Å². The molecule has 2 bridgehead atoms. The summed E-state index contributed by atoms with van der Waals surface area (Å²) < 4.78 is 17.4. The van der Waals surface area contributed by atoms with Crippen molar-refractivity contribution in [1.29, 1.82) is 0 Å². The molecule has 0 unspecified atom stereocenters. The van der Waals surface area contributed by atoms with Crippen LogP contribution in [0.4, 0.5) is 0 Å². The van der Waals surface area contributed by atoms with Crippen LogP contribution in [0, 0.1) is 11.8 Å². The molecule has 130 valence electrons. The van der Waals surface area contributed by atoms with E-state index in [2.05, 4.69) is 33.9 Å². The molecule has 0 aliphatic carbocycles. The van der Waals surface area contributed by atoms with E-state index in [1.807, 2.05) is 6.92 Å². The van der Waals surface area contributed by atoms with E-state index in [-0.39, 0.29) is 5.04 Å².